The average Bonchev–Trinajstić information content (AvgIpc) is 2.87. The number of carbonyl (C=O) groups is 4. The fourth-order valence-corrected chi connectivity index (χ4v) is 3.40. The SMILES string of the molecule is N#Cc1ccc(N2CCN(CC(=O)NC[C@H](NC(=O)OCc3ccccc3)C(=O)O)C(=O)C2)cc1. The van der Waals surface area contributed by atoms with Crippen molar-refractivity contribution in [2.45, 2.75) is 12.6 Å². The Bertz CT molecular complexity index is 1100. The molecule has 1 aliphatic heterocycles. The van der Waals surface area contributed by atoms with Crippen molar-refractivity contribution in [3.05, 3.63) is 65.7 Å². The molecule has 35 heavy (non-hydrogen) atoms. The highest BCUT2D eigenvalue weighted by atomic mass is 16.5. The molecule has 0 aromatic heterocycles. The Morgan fingerprint density at radius 3 is 2.43 bits per heavy atom. The highest BCUT2D eigenvalue weighted by molar-refractivity contribution is 5.88. The van der Waals surface area contributed by atoms with E-state index in [2.05, 4.69) is 10.6 Å². The van der Waals surface area contributed by atoms with Gasteiger partial charge in [-0.05, 0) is 29.8 Å². The Hall–Kier alpha value is -4.59. The third-order valence-electron chi connectivity index (χ3n) is 5.32. The van der Waals surface area contributed by atoms with E-state index in [9.17, 15) is 24.3 Å². The molecule has 182 valence electrons. The van der Waals surface area contributed by atoms with Crippen LogP contribution in [-0.2, 0) is 25.7 Å². The summed E-state index contributed by atoms with van der Waals surface area (Å²) in [6, 6.07) is 16.4. The molecule has 3 rings (SSSR count). The van der Waals surface area contributed by atoms with Crippen LogP contribution < -0.4 is 15.5 Å². The van der Waals surface area contributed by atoms with Crippen LogP contribution in [0, 0.1) is 11.3 Å². The molecule has 1 atom stereocenters. The van der Waals surface area contributed by atoms with Crippen LogP contribution in [0.4, 0.5) is 10.5 Å². The number of alkyl carbamates (subject to hydrolysis) is 1. The van der Waals surface area contributed by atoms with E-state index < -0.39 is 24.0 Å². The topological polar surface area (TPSA) is 152 Å². The van der Waals surface area contributed by atoms with Crippen molar-refractivity contribution < 1.29 is 29.0 Å². The van der Waals surface area contributed by atoms with Crippen LogP contribution in [0.2, 0.25) is 0 Å². The van der Waals surface area contributed by atoms with Crippen LogP contribution in [-0.4, -0.2) is 72.6 Å². The lowest BCUT2D eigenvalue weighted by molar-refractivity contribution is -0.140. The van der Waals surface area contributed by atoms with E-state index in [1.807, 2.05) is 17.0 Å². The standard InChI is InChI=1S/C24H25N5O6/c25-12-17-6-8-19(9-7-17)28-10-11-29(22(31)15-28)14-21(30)26-13-20(23(32)33)27-24(34)35-16-18-4-2-1-3-5-18/h1-9,20H,10-11,13-16H2,(H,26,30)(H,27,34)(H,32,33)/t20-/m0/s1. The molecule has 0 aliphatic carbocycles. The van der Waals surface area contributed by atoms with Gasteiger partial charge in [0.15, 0.2) is 0 Å². The largest absolute Gasteiger partial charge is 0.480 e. The minimum absolute atomic E-state index is 0.0259. The van der Waals surface area contributed by atoms with Gasteiger partial charge in [0, 0.05) is 25.3 Å². The predicted molar refractivity (Wildman–Crippen MR) is 124 cm³/mol. The Morgan fingerprint density at radius 1 is 1.09 bits per heavy atom. The predicted octanol–water partition coefficient (Wildman–Crippen LogP) is 0.703. The number of benzene rings is 2. The quantitative estimate of drug-likeness (QED) is 0.475. The third-order valence-corrected chi connectivity index (χ3v) is 5.32. The van der Waals surface area contributed by atoms with Gasteiger partial charge in [0.25, 0.3) is 0 Å². The number of nitrogens with zero attached hydrogens (tertiary/aromatic N) is 3. The number of hydrogen-bond acceptors (Lipinski definition) is 7. The number of rotatable bonds is 9. The number of amides is 3. The number of nitriles is 1. The lowest BCUT2D eigenvalue weighted by Crippen LogP contribution is -2.54. The van der Waals surface area contributed by atoms with Gasteiger partial charge in [-0.2, -0.15) is 5.26 Å². The van der Waals surface area contributed by atoms with E-state index in [1.165, 1.54) is 4.90 Å². The summed E-state index contributed by atoms with van der Waals surface area (Å²) in [4.78, 5) is 51.5. The summed E-state index contributed by atoms with van der Waals surface area (Å²) >= 11 is 0. The molecule has 0 saturated carbocycles. The highest BCUT2D eigenvalue weighted by Gasteiger charge is 2.27. The van der Waals surface area contributed by atoms with Crippen molar-refractivity contribution in [2.75, 3.05) is 37.6 Å². The lowest BCUT2D eigenvalue weighted by Gasteiger charge is -2.35. The zero-order valence-electron chi connectivity index (χ0n) is 18.8. The van der Waals surface area contributed by atoms with Crippen LogP contribution in [0.25, 0.3) is 0 Å². The second-order valence-electron chi connectivity index (χ2n) is 7.80. The second kappa shape index (κ2) is 12.0. The number of carboxylic acids is 1. The third kappa shape index (κ3) is 7.46. The van der Waals surface area contributed by atoms with Crippen LogP contribution >= 0.6 is 0 Å². The average molecular weight is 479 g/mol. The van der Waals surface area contributed by atoms with Gasteiger partial charge in [0.05, 0.1) is 24.7 Å². The van der Waals surface area contributed by atoms with Crippen molar-refractivity contribution in [1.29, 1.82) is 5.26 Å². The van der Waals surface area contributed by atoms with Crippen molar-refractivity contribution in [1.82, 2.24) is 15.5 Å². The maximum absolute atomic E-state index is 12.5. The fraction of sp³-hybridized carbons (Fsp3) is 0.292. The number of aliphatic carboxylic acids is 1. The Balaban J connectivity index is 1.43. The van der Waals surface area contributed by atoms with Gasteiger partial charge < -0.3 is 30.3 Å². The molecule has 3 N–H and O–H groups in total. The van der Waals surface area contributed by atoms with E-state index in [0.717, 1.165) is 11.3 Å². The zero-order chi connectivity index (χ0) is 25.2. The number of carbonyl (C=O) groups excluding carboxylic acids is 3. The Kier molecular flexibility index (Phi) is 8.61. The number of hydrogen-bond donors (Lipinski definition) is 3. The Morgan fingerprint density at radius 2 is 1.80 bits per heavy atom. The summed E-state index contributed by atoms with van der Waals surface area (Å²) < 4.78 is 5.01. The smallest absolute Gasteiger partial charge is 0.408 e. The molecule has 1 saturated heterocycles. The first-order chi connectivity index (χ1) is 16.9. The van der Waals surface area contributed by atoms with E-state index >= 15 is 0 Å². The summed E-state index contributed by atoms with van der Waals surface area (Å²) in [5.74, 6) is -2.14. The molecular formula is C24H25N5O6. The molecule has 0 spiro atoms. The first-order valence-electron chi connectivity index (χ1n) is 10.9. The van der Waals surface area contributed by atoms with Gasteiger partial charge >= 0.3 is 12.1 Å². The van der Waals surface area contributed by atoms with Gasteiger partial charge in [-0.3, -0.25) is 9.59 Å². The first-order valence-corrected chi connectivity index (χ1v) is 10.9. The summed E-state index contributed by atoms with van der Waals surface area (Å²) in [5, 5.41) is 22.9. The molecule has 0 bridgehead atoms. The fourth-order valence-electron chi connectivity index (χ4n) is 3.40. The number of anilines is 1. The molecule has 11 nitrogen and oxygen atoms in total. The monoisotopic (exact) mass is 479 g/mol. The normalized spacial score (nSPS) is 14.0. The van der Waals surface area contributed by atoms with E-state index in [-0.39, 0.29) is 32.1 Å². The number of piperazine rings is 1. The van der Waals surface area contributed by atoms with Crippen LogP contribution in [0.15, 0.2) is 54.6 Å². The zero-order valence-corrected chi connectivity index (χ0v) is 18.8. The number of carboxylic acid groups (broad SMARTS) is 1. The van der Waals surface area contributed by atoms with E-state index in [1.54, 1.807) is 48.5 Å². The number of ether oxygens (including phenoxy) is 1. The summed E-state index contributed by atoms with van der Waals surface area (Å²) in [7, 11) is 0. The van der Waals surface area contributed by atoms with Crippen LogP contribution in [0.3, 0.4) is 0 Å². The van der Waals surface area contributed by atoms with Gasteiger partial charge in [-0.25, -0.2) is 9.59 Å². The van der Waals surface area contributed by atoms with Crippen molar-refractivity contribution in [2.24, 2.45) is 0 Å². The van der Waals surface area contributed by atoms with Crippen LogP contribution in [0.5, 0.6) is 0 Å². The van der Waals surface area contributed by atoms with E-state index in [0.29, 0.717) is 18.7 Å². The molecule has 0 unspecified atom stereocenters. The molecule has 3 amide bonds. The summed E-state index contributed by atoms with van der Waals surface area (Å²) in [6.45, 7) is 0.253. The molecule has 1 heterocycles. The van der Waals surface area contributed by atoms with Gasteiger partial charge in [0.2, 0.25) is 11.8 Å². The highest BCUT2D eigenvalue weighted by Crippen LogP contribution is 2.17. The molecular weight excluding hydrogens is 454 g/mol. The van der Waals surface area contributed by atoms with Crippen molar-refractivity contribution >= 4 is 29.6 Å². The maximum atomic E-state index is 12.5. The van der Waals surface area contributed by atoms with Gasteiger partial charge in [-0.15, -0.1) is 0 Å². The molecule has 1 aliphatic rings. The molecule has 11 heteroatoms. The van der Waals surface area contributed by atoms with Gasteiger partial charge in [0.1, 0.15) is 12.6 Å². The maximum Gasteiger partial charge on any atom is 0.408 e. The number of nitrogens with one attached hydrogen (secondary N) is 2. The molecule has 2 aromatic rings. The minimum Gasteiger partial charge on any atom is -0.480 e. The summed E-state index contributed by atoms with van der Waals surface area (Å²) in [6.07, 6.45) is -0.926. The van der Waals surface area contributed by atoms with Crippen molar-refractivity contribution in [3.8, 4) is 6.07 Å². The Labute approximate surface area is 201 Å². The summed E-state index contributed by atoms with van der Waals surface area (Å²) in [5.41, 5.74) is 2.07. The lowest BCUT2D eigenvalue weighted by atomic mass is 10.2. The first kappa shape index (κ1) is 25.0. The second-order valence-corrected chi connectivity index (χ2v) is 7.80. The van der Waals surface area contributed by atoms with E-state index in [4.69, 9.17) is 10.00 Å². The minimum atomic E-state index is -1.40. The van der Waals surface area contributed by atoms with Crippen molar-refractivity contribution in [3.63, 3.8) is 0 Å². The van der Waals surface area contributed by atoms with Gasteiger partial charge in [-0.1, -0.05) is 30.3 Å². The molecule has 1 fully saturated rings. The van der Waals surface area contributed by atoms with Crippen LogP contribution in [0.1, 0.15) is 11.1 Å². The molecule has 0 radical (unpaired) electrons. The molecule has 2 aromatic carbocycles.